The summed E-state index contributed by atoms with van der Waals surface area (Å²) in [5.41, 5.74) is 0. The van der Waals surface area contributed by atoms with E-state index < -0.39 is 0 Å². The molecule has 82 valence electrons. The van der Waals surface area contributed by atoms with Gasteiger partial charge in [0, 0.05) is 19.0 Å². The third kappa shape index (κ3) is 1.73. The molecule has 2 saturated carbocycles. The smallest absolute Gasteiger partial charge is 0.245 e. The number of nitrogens with one attached hydrogen (secondary N) is 1. The second-order valence-electron chi connectivity index (χ2n) is 4.90. The maximum Gasteiger partial charge on any atom is 0.245 e. The lowest BCUT2D eigenvalue weighted by molar-refractivity contribution is -0.134. The van der Waals surface area contributed by atoms with E-state index in [-0.39, 0.29) is 17.9 Å². The number of carbonyl (C=O) groups is 2. The number of hydrogen-bond donors (Lipinski definition) is 1. The number of carbonyl (C=O) groups excluding carboxylic acids is 2. The van der Waals surface area contributed by atoms with Crippen LogP contribution in [0.1, 0.15) is 32.1 Å². The molecule has 1 unspecified atom stereocenters. The fourth-order valence-electron chi connectivity index (χ4n) is 2.32. The molecular weight excluding hydrogens is 192 g/mol. The molecule has 0 aromatic carbocycles. The number of rotatable bonds is 2. The minimum Gasteiger partial charge on any atom is -0.344 e. The van der Waals surface area contributed by atoms with Crippen molar-refractivity contribution in [3.63, 3.8) is 0 Å². The molecule has 2 aliphatic carbocycles. The molecule has 1 heterocycles. The van der Waals surface area contributed by atoms with Gasteiger partial charge in [-0.3, -0.25) is 9.59 Å². The van der Waals surface area contributed by atoms with Gasteiger partial charge in [0.1, 0.15) is 6.04 Å². The van der Waals surface area contributed by atoms with Gasteiger partial charge in [0.05, 0.1) is 0 Å². The van der Waals surface area contributed by atoms with Gasteiger partial charge in [-0.15, -0.1) is 0 Å². The quantitative estimate of drug-likeness (QED) is 0.708. The molecule has 15 heavy (non-hydrogen) atoms. The first-order valence-corrected chi connectivity index (χ1v) is 5.85. The number of hydrogen-bond acceptors (Lipinski definition) is 2. The summed E-state index contributed by atoms with van der Waals surface area (Å²) >= 11 is 0. The van der Waals surface area contributed by atoms with Crippen molar-refractivity contribution < 1.29 is 9.59 Å². The van der Waals surface area contributed by atoms with Crippen molar-refractivity contribution in [3.8, 4) is 0 Å². The Bertz CT molecular complexity index is 308. The molecule has 1 aliphatic heterocycles. The van der Waals surface area contributed by atoms with Crippen molar-refractivity contribution in [2.24, 2.45) is 5.92 Å². The standard InChI is InChI=1S/C11H16N2O2/c14-9-5-6-13(8-3-4-8)11(15)10(12-9)7-1-2-7/h7-8,10H,1-6H2,(H,12,14). The Balaban J connectivity index is 1.79. The molecule has 0 radical (unpaired) electrons. The van der Waals surface area contributed by atoms with Crippen LogP contribution in [0.3, 0.4) is 0 Å². The van der Waals surface area contributed by atoms with Gasteiger partial charge >= 0.3 is 0 Å². The fourth-order valence-corrected chi connectivity index (χ4v) is 2.32. The molecule has 1 saturated heterocycles. The van der Waals surface area contributed by atoms with E-state index >= 15 is 0 Å². The van der Waals surface area contributed by atoms with Crippen LogP contribution in [-0.2, 0) is 9.59 Å². The summed E-state index contributed by atoms with van der Waals surface area (Å²) in [6.45, 7) is 0.624. The first-order valence-electron chi connectivity index (χ1n) is 5.85. The van der Waals surface area contributed by atoms with E-state index in [9.17, 15) is 9.59 Å². The second-order valence-corrected chi connectivity index (χ2v) is 4.90. The zero-order valence-corrected chi connectivity index (χ0v) is 8.74. The first-order chi connectivity index (χ1) is 7.25. The van der Waals surface area contributed by atoms with Crippen LogP contribution in [0.15, 0.2) is 0 Å². The molecule has 4 heteroatoms. The van der Waals surface area contributed by atoms with Crippen LogP contribution in [0.5, 0.6) is 0 Å². The van der Waals surface area contributed by atoms with Crippen molar-refractivity contribution >= 4 is 11.8 Å². The minimum atomic E-state index is -0.208. The Morgan fingerprint density at radius 1 is 1.13 bits per heavy atom. The Kier molecular flexibility index (Phi) is 1.97. The Morgan fingerprint density at radius 2 is 1.87 bits per heavy atom. The Morgan fingerprint density at radius 3 is 2.47 bits per heavy atom. The lowest BCUT2D eigenvalue weighted by atomic mass is 10.1. The molecule has 3 aliphatic rings. The number of nitrogens with zero attached hydrogens (tertiary/aromatic N) is 1. The van der Waals surface area contributed by atoms with E-state index in [1.54, 1.807) is 0 Å². The SMILES string of the molecule is O=C1CCN(C2CC2)C(=O)C(C2CC2)N1. The molecular formula is C11H16N2O2. The zero-order valence-electron chi connectivity index (χ0n) is 8.74. The Labute approximate surface area is 89.0 Å². The molecule has 0 aromatic rings. The maximum absolute atomic E-state index is 12.2. The van der Waals surface area contributed by atoms with Crippen LogP contribution in [0.4, 0.5) is 0 Å². The largest absolute Gasteiger partial charge is 0.344 e. The normalized spacial score (nSPS) is 32.5. The van der Waals surface area contributed by atoms with E-state index in [0.717, 1.165) is 25.7 Å². The highest BCUT2D eigenvalue weighted by Gasteiger charge is 2.44. The molecule has 0 spiro atoms. The summed E-state index contributed by atoms with van der Waals surface area (Å²) < 4.78 is 0. The topological polar surface area (TPSA) is 49.4 Å². The third-order valence-corrected chi connectivity index (χ3v) is 3.53. The molecule has 4 nitrogen and oxygen atoms in total. The highest BCUT2D eigenvalue weighted by molar-refractivity contribution is 5.90. The minimum absolute atomic E-state index is 0.0448. The fraction of sp³-hybridized carbons (Fsp3) is 0.818. The molecule has 1 atom stereocenters. The summed E-state index contributed by atoms with van der Waals surface area (Å²) in [7, 11) is 0. The summed E-state index contributed by atoms with van der Waals surface area (Å²) in [5.74, 6) is 0.634. The highest BCUT2D eigenvalue weighted by atomic mass is 16.2. The van der Waals surface area contributed by atoms with Gasteiger partial charge < -0.3 is 10.2 Å². The monoisotopic (exact) mass is 208 g/mol. The lowest BCUT2D eigenvalue weighted by Crippen LogP contribution is -2.46. The van der Waals surface area contributed by atoms with Crippen LogP contribution < -0.4 is 5.32 Å². The van der Waals surface area contributed by atoms with Gasteiger partial charge in [-0.25, -0.2) is 0 Å². The molecule has 3 rings (SSSR count). The van der Waals surface area contributed by atoms with Crippen molar-refractivity contribution in [3.05, 3.63) is 0 Å². The van der Waals surface area contributed by atoms with E-state index in [0.29, 0.717) is 24.9 Å². The van der Waals surface area contributed by atoms with Gasteiger partial charge in [0.2, 0.25) is 11.8 Å². The maximum atomic E-state index is 12.2. The Hall–Kier alpha value is -1.06. The van der Waals surface area contributed by atoms with Crippen molar-refractivity contribution in [2.75, 3.05) is 6.54 Å². The van der Waals surface area contributed by atoms with Crippen LogP contribution >= 0.6 is 0 Å². The van der Waals surface area contributed by atoms with E-state index in [1.165, 1.54) is 0 Å². The molecule has 3 fully saturated rings. The van der Waals surface area contributed by atoms with Crippen LogP contribution in [0.2, 0.25) is 0 Å². The average Bonchev–Trinajstić information content (AvgIpc) is 3.02. The van der Waals surface area contributed by atoms with E-state index in [2.05, 4.69) is 5.32 Å². The first kappa shape index (κ1) is 9.19. The van der Waals surface area contributed by atoms with Crippen molar-refractivity contribution in [1.82, 2.24) is 10.2 Å². The molecule has 2 amide bonds. The van der Waals surface area contributed by atoms with Crippen LogP contribution in [0.25, 0.3) is 0 Å². The number of amides is 2. The summed E-state index contributed by atoms with van der Waals surface area (Å²) in [6, 6.07) is 0.229. The van der Waals surface area contributed by atoms with Crippen LogP contribution in [-0.4, -0.2) is 35.3 Å². The summed E-state index contributed by atoms with van der Waals surface area (Å²) in [4.78, 5) is 25.6. The summed E-state index contributed by atoms with van der Waals surface area (Å²) in [5, 5.41) is 2.87. The zero-order chi connectivity index (χ0) is 10.4. The van der Waals surface area contributed by atoms with Gasteiger partial charge in [-0.2, -0.15) is 0 Å². The van der Waals surface area contributed by atoms with E-state index in [1.807, 2.05) is 4.90 Å². The predicted molar refractivity (Wildman–Crippen MR) is 54.0 cm³/mol. The second kappa shape index (κ2) is 3.22. The lowest BCUT2D eigenvalue weighted by Gasteiger charge is -2.23. The van der Waals surface area contributed by atoms with Gasteiger partial charge in [-0.05, 0) is 31.6 Å². The average molecular weight is 208 g/mol. The van der Waals surface area contributed by atoms with Gasteiger partial charge in [0.25, 0.3) is 0 Å². The van der Waals surface area contributed by atoms with Gasteiger partial charge in [-0.1, -0.05) is 0 Å². The highest BCUT2D eigenvalue weighted by Crippen LogP contribution is 2.36. The van der Waals surface area contributed by atoms with Crippen LogP contribution in [0, 0.1) is 5.92 Å². The summed E-state index contributed by atoms with van der Waals surface area (Å²) in [6.07, 6.45) is 4.91. The third-order valence-electron chi connectivity index (χ3n) is 3.53. The van der Waals surface area contributed by atoms with Crippen molar-refractivity contribution in [1.29, 1.82) is 0 Å². The van der Waals surface area contributed by atoms with E-state index in [4.69, 9.17) is 0 Å². The van der Waals surface area contributed by atoms with Gasteiger partial charge in [0.15, 0.2) is 0 Å². The molecule has 1 N–H and O–H groups in total. The molecule has 0 bridgehead atoms. The van der Waals surface area contributed by atoms with Crippen molar-refractivity contribution in [2.45, 2.75) is 44.2 Å². The molecule has 0 aromatic heterocycles. The predicted octanol–water partition coefficient (Wildman–Crippen LogP) is 0.276.